The Morgan fingerprint density at radius 1 is 1.69 bits per heavy atom. The molecular weight excluding hydrogens is 166 g/mol. The molecule has 0 amide bonds. The van der Waals surface area contributed by atoms with Crippen LogP contribution >= 0.6 is 0 Å². The average molecular weight is 183 g/mol. The Balaban J connectivity index is 2.74. The number of rotatable bonds is 4. The summed E-state index contributed by atoms with van der Waals surface area (Å²) in [6.45, 7) is 4.27. The lowest BCUT2D eigenvalue weighted by Gasteiger charge is -2.11. The van der Waals surface area contributed by atoms with E-state index >= 15 is 0 Å². The van der Waals surface area contributed by atoms with Crippen molar-refractivity contribution in [2.75, 3.05) is 12.4 Å². The third-order valence-corrected chi connectivity index (χ3v) is 2.00. The second-order valence-corrected chi connectivity index (χ2v) is 3.18. The fourth-order valence-electron chi connectivity index (χ4n) is 1.09. The van der Waals surface area contributed by atoms with E-state index in [0.717, 1.165) is 12.1 Å². The normalized spacial score (nSPS) is 12.6. The van der Waals surface area contributed by atoms with E-state index < -0.39 is 0 Å². The Morgan fingerprint density at radius 3 is 2.92 bits per heavy atom. The lowest BCUT2D eigenvalue weighted by molar-refractivity contribution is 0.393. The van der Waals surface area contributed by atoms with E-state index in [4.69, 9.17) is 4.74 Å². The van der Waals surface area contributed by atoms with Crippen LogP contribution in [0.15, 0.2) is 6.20 Å². The third-order valence-electron chi connectivity index (χ3n) is 2.00. The number of ether oxygens (including phenoxy) is 1. The second kappa shape index (κ2) is 4.16. The van der Waals surface area contributed by atoms with Crippen LogP contribution in [0.4, 0.5) is 5.69 Å². The number of hydrogen-bond donors (Lipinski definition) is 1. The number of aryl methyl sites for hydroxylation is 1. The Hall–Kier alpha value is -1.19. The highest BCUT2D eigenvalue weighted by molar-refractivity contribution is 5.51. The van der Waals surface area contributed by atoms with Crippen molar-refractivity contribution in [3.63, 3.8) is 0 Å². The molecule has 0 spiro atoms. The van der Waals surface area contributed by atoms with E-state index in [1.165, 1.54) is 0 Å². The highest BCUT2D eigenvalue weighted by atomic mass is 16.5. The van der Waals surface area contributed by atoms with Crippen LogP contribution in [0.25, 0.3) is 0 Å². The maximum atomic E-state index is 5.12. The van der Waals surface area contributed by atoms with Crippen molar-refractivity contribution < 1.29 is 4.74 Å². The number of anilines is 1. The molecule has 0 aliphatic carbocycles. The topological polar surface area (TPSA) is 39.1 Å². The molecule has 1 atom stereocenters. The minimum absolute atomic E-state index is 0.443. The smallest absolute Gasteiger partial charge is 0.256 e. The molecule has 0 fully saturated rings. The molecule has 0 saturated heterocycles. The fraction of sp³-hybridized carbons (Fsp3) is 0.667. The molecule has 13 heavy (non-hydrogen) atoms. The van der Waals surface area contributed by atoms with E-state index in [9.17, 15) is 0 Å². The standard InChI is InChI=1S/C9H17N3O/c1-5-7(2)10-8-6-12(3)11-9(8)13-4/h6-7,10H,5H2,1-4H3. The van der Waals surface area contributed by atoms with Crippen LogP contribution in [0.2, 0.25) is 0 Å². The van der Waals surface area contributed by atoms with E-state index in [1.54, 1.807) is 11.8 Å². The maximum Gasteiger partial charge on any atom is 0.256 e. The number of nitrogens with zero attached hydrogens (tertiary/aromatic N) is 2. The number of nitrogens with one attached hydrogen (secondary N) is 1. The molecule has 1 heterocycles. The molecule has 1 unspecified atom stereocenters. The molecule has 4 heteroatoms. The Kier molecular flexibility index (Phi) is 3.17. The van der Waals surface area contributed by atoms with Gasteiger partial charge in [-0.1, -0.05) is 6.92 Å². The van der Waals surface area contributed by atoms with E-state index in [-0.39, 0.29) is 0 Å². The first-order valence-electron chi connectivity index (χ1n) is 4.51. The van der Waals surface area contributed by atoms with Gasteiger partial charge in [0.15, 0.2) is 0 Å². The predicted molar refractivity (Wildman–Crippen MR) is 53.1 cm³/mol. The SMILES string of the molecule is CCC(C)Nc1cn(C)nc1OC. The summed E-state index contributed by atoms with van der Waals surface area (Å²) in [5, 5.41) is 7.47. The van der Waals surface area contributed by atoms with Crippen molar-refractivity contribution in [1.29, 1.82) is 0 Å². The summed E-state index contributed by atoms with van der Waals surface area (Å²) < 4.78 is 6.86. The molecular formula is C9H17N3O. The zero-order valence-electron chi connectivity index (χ0n) is 8.66. The van der Waals surface area contributed by atoms with Gasteiger partial charge >= 0.3 is 0 Å². The summed E-state index contributed by atoms with van der Waals surface area (Å²) in [5.74, 6) is 0.655. The first kappa shape index (κ1) is 9.89. The Morgan fingerprint density at radius 2 is 2.38 bits per heavy atom. The first-order chi connectivity index (χ1) is 6.17. The Bertz CT molecular complexity index is 270. The summed E-state index contributed by atoms with van der Waals surface area (Å²) in [5.41, 5.74) is 0.958. The molecule has 0 radical (unpaired) electrons. The molecule has 74 valence electrons. The largest absolute Gasteiger partial charge is 0.478 e. The van der Waals surface area contributed by atoms with Gasteiger partial charge in [-0.05, 0) is 13.3 Å². The molecule has 1 rings (SSSR count). The lowest BCUT2D eigenvalue weighted by atomic mass is 10.2. The van der Waals surface area contributed by atoms with Crippen molar-refractivity contribution in [1.82, 2.24) is 9.78 Å². The highest BCUT2D eigenvalue weighted by Crippen LogP contribution is 2.22. The molecule has 4 nitrogen and oxygen atoms in total. The van der Waals surface area contributed by atoms with E-state index in [0.29, 0.717) is 11.9 Å². The number of aromatic nitrogens is 2. The summed E-state index contributed by atoms with van der Waals surface area (Å²) in [4.78, 5) is 0. The van der Waals surface area contributed by atoms with Gasteiger partial charge in [-0.25, -0.2) is 0 Å². The van der Waals surface area contributed by atoms with Crippen LogP contribution < -0.4 is 10.1 Å². The van der Waals surface area contributed by atoms with Crippen LogP contribution in [0.5, 0.6) is 5.88 Å². The lowest BCUT2D eigenvalue weighted by Crippen LogP contribution is -2.13. The summed E-state index contributed by atoms with van der Waals surface area (Å²) >= 11 is 0. The summed E-state index contributed by atoms with van der Waals surface area (Å²) in [6, 6.07) is 0.443. The second-order valence-electron chi connectivity index (χ2n) is 3.18. The van der Waals surface area contributed by atoms with Crippen LogP contribution in [0.3, 0.4) is 0 Å². The van der Waals surface area contributed by atoms with Crippen LogP contribution in [0.1, 0.15) is 20.3 Å². The van der Waals surface area contributed by atoms with E-state index in [2.05, 4.69) is 24.3 Å². The molecule has 1 aromatic rings. The van der Waals surface area contributed by atoms with Gasteiger partial charge in [0, 0.05) is 13.1 Å². The minimum Gasteiger partial charge on any atom is -0.478 e. The van der Waals surface area contributed by atoms with Gasteiger partial charge in [0.2, 0.25) is 0 Å². The van der Waals surface area contributed by atoms with Gasteiger partial charge in [-0.15, -0.1) is 5.10 Å². The van der Waals surface area contributed by atoms with Crippen LogP contribution in [-0.4, -0.2) is 22.9 Å². The van der Waals surface area contributed by atoms with Gasteiger partial charge in [0.05, 0.1) is 13.3 Å². The number of methoxy groups -OCH3 is 1. The minimum atomic E-state index is 0.443. The molecule has 0 aromatic carbocycles. The van der Waals surface area contributed by atoms with E-state index in [1.807, 2.05) is 13.2 Å². The summed E-state index contributed by atoms with van der Waals surface area (Å²) in [7, 11) is 3.51. The molecule has 0 saturated carbocycles. The molecule has 0 bridgehead atoms. The quantitative estimate of drug-likeness (QED) is 0.771. The fourth-order valence-corrected chi connectivity index (χ4v) is 1.09. The van der Waals surface area contributed by atoms with Crippen LogP contribution in [-0.2, 0) is 7.05 Å². The molecule has 0 aliphatic heterocycles. The van der Waals surface area contributed by atoms with Crippen molar-refractivity contribution in [2.24, 2.45) is 7.05 Å². The van der Waals surface area contributed by atoms with Crippen LogP contribution in [0, 0.1) is 0 Å². The monoisotopic (exact) mass is 183 g/mol. The zero-order valence-corrected chi connectivity index (χ0v) is 8.66. The van der Waals surface area contributed by atoms with Crippen molar-refractivity contribution >= 4 is 5.69 Å². The van der Waals surface area contributed by atoms with Crippen molar-refractivity contribution in [2.45, 2.75) is 26.3 Å². The molecule has 1 aromatic heterocycles. The first-order valence-corrected chi connectivity index (χ1v) is 4.51. The molecule has 0 aliphatic rings. The zero-order chi connectivity index (χ0) is 9.84. The van der Waals surface area contributed by atoms with Gasteiger partial charge < -0.3 is 10.1 Å². The highest BCUT2D eigenvalue weighted by Gasteiger charge is 2.08. The average Bonchev–Trinajstić information content (AvgIpc) is 2.46. The van der Waals surface area contributed by atoms with Gasteiger partial charge in [0.25, 0.3) is 5.88 Å². The molecule has 1 N–H and O–H groups in total. The predicted octanol–water partition coefficient (Wildman–Crippen LogP) is 1.64. The van der Waals surface area contributed by atoms with Gasteiger partial charge in [-0.2, -0.15) is 0 Å². The maximum absolute atomic E-state index is 5.12. The van der Waals surface area contributed by atoms with Gasteiger partial charge in [0.1, 0.15) is 5.69 Å². The van der Waals surface area contributed by atoms with Crippen molar-refractivity contribution in [3.05, 3.63) is 6.20 Å². The van der Waals surface area contributed by atoms with Gasteiger partial charge in [-0.3, -0.25) is 4.68 Å². The Labute approximate surface area is 78.9 Å². The summed E-state index contributed by atoms with van der Waals surface area (Å²) in [6.07, 6.45) is 3.00. The van der Waals surface area contributed by atoms with Crippen molar-refractivity contribution in [3.8, 4) is 5.88 Å². The third kappa shape index (κ3) is 2.37. The number of hydrogen-bond acceptors (Lipinski definition) is 3.